The Bertz CT molecular complexity index is 1080. The van der Waals surface area contributed by atoms with Crippen molar-refractivity contribution in [3.8, 4) is 0 Å². The van der Waals surface area contributed by atoms with Gasteiger partial charge in [-0.05, 0) is 36.8 Å². The number of amides is 1. The molecular formula is C23H22N4O. The summed E-state index contributed by atoms with van der Waals surface area (Å²) in [5, 5.41) is 2.96. The molecule has 2 aromatic carbocycles. The standard InChI is InChI=1S/C23H22N4O/c1-17-8-10-18(11-9-17)16-27-21-7-3-2-6-20(21)26-22(27)12-14-25-23(28)19-5-4-13-24-15-19/h2-11,13,15H,12,14,16H2,1H3,(H,25,28). The van der Waals surface area contributed by atoms with E-state index in [0.29, 0.717) is 18.5 Å². The van der Waals surface area contributed by atoms with Gasteiger partial charge in [-0.15, -0.1) is 0 Å². The Balaban J connectivity index is 1.53. The minimum Gasteiger partial charge on any atom is -0.352 e. The number of nitrogens with one attached hydrogen (secondary N) is 1. The van der Waals surface area contributed by atoms with E-state index in [-0.39, 0.29) is 5.91 Å². The summed E-state index contributed by atoms with van der Waals surface area (Å²) in [5.41, 5.74) is 5.13. The smallest absolute Gasteiger partial charge is 0.252 e. The van der Waals surface area contributed by atoms with Crippen LogP contribution in [0.2, 0.25) is 0 Å². The van der Waals surface area contributed by atoms with Gasteiger partial charge in [-0.2, -0.15) is 0 Å². The molecular weight excluding hydrogens is 348 g/mol. The van der Waals surface area contributed by atoms with E-state index in [0.717, 1.165) is 23.4 Å². The third-order valence-corrected chi connectivity index (χ3v) is 4.75. The fourth-order valence-corrected chi connectivity index (χ4v) is 3.26. The van der Waals surface area contributed by atoms with Crippen molar-refractivity contribution in [1.29, 1.82) is 0 Å². The van der Waals surface area contributed by atoms with Gasteiger partial charge in [-0.25, -0.2) is 4.98 Å². The van der Waals surface area contributed by atoms with Crippen molar-refractivity contribution < 1.29 is 4.79 Å². The van der Waals surface area contributed by atoms with E-state index in [1.807, 2.05) is 18.2 Å². The molecule has 0 spiro atoms. The number of fused-ring (bicyclic) bond motifs is 1. The molecule has 0 aliphatic rings. The molecule has 5 heteroatoms. The van der Waals surface area contributed by atoms with Gasteiger partial charge < -0.3 is 9.88 Å². The molecule has 5 nitrogen and oxygen atoms in total. The summed E-state index contributed by atoms with van der Waals surface area (Å²) in [6.45, 7) is 3.37. The molecule has 0 saturated carbocycles. The van der Waals surface area contributed by atoms with E-state index >= 15 is 0 Å². The Hall–Kier alpha value is -3.47. The minimum absolute atomic E-state index is 0.116. The highest BCUT2D eigenvalue weighted by molar-refractivity contribution is 5.93. The lowest BCUT2D eigenvalue weighted by atomic mass is 10.1. The Morgan fingerprint density at radius 2 is 1.86 bits per heavy atom. The first-order valence-electron chi connectivity index (χ1n) is 9.38. The molecule has 0 aliphatic heterocycles. The number of nitrogens with zero attached hydrogens (tertiary/aromatic N) is 3. The van der Waals surface area contributed by atoms with E-state index in [2.05, 4.69) is 52.1 Å². The number of hydrogen-bond donors (Lipinski definition) is 1. The summed E-state index contributed by atoms with van der Waals surface area (Å²) < 4.78 is 2.23. The predicted molar refractivity (Wildman–Crippen MR) is 110 cm³/mol. The molecule has 0 radical (unpaired) electrons. The molecule has 0 unspecified atom stereocenters. The zero-order valence-electron chi connectivity index (χ0n) is 15.8. The van der Waals surface area contributed by atoms with Crippen molar-refractivity contribution in [3.63, 3.8) is 0 Å². The lowest BCUT2D eigenvalue weighted by Crippen LogP contribution is -2.26. The maximum atomic E-state index is 12.2. The normalized spacial score (nSPS) is 10.9. The average molecular weight is 370 g/mol. The summed E-state index contributed by atoms with van der Waals surface area (Å²) in [6, 6.07) is 20.2. The topological polar surface area (TPSA) is 59.8 Å². The Morgan fingerprint density at radius 3 is 2.64 bits per heavy atom. The number of pyridine rings is 1. The highest BCUT2D eigenvalue weighted by atomic mass is 16.1. The molecule has 0 saturated heterocycles. The van der Waals surface area contributed by atoms with Crippen molar-refractivity contribution in [2.45, 2.75) is 19.9 Å². The van der Waals surface area contributed by atoms with Gasteiger partial charge in [0.05, 0.1) is 16.6 Å². The number of hydrogen-bond acceptors (Lipinski definition) is 3. The van der Waals surface area contributed by atoms with Gasteiger partial charge in [0.2, 0.25) is 0 Å². The molecule has 0 aliphatic carbocycles. The first-order valence-corrected chi connectivity index (χ1v) is 9.38. The van der Waals surface area contributed by atoms with Gasteiger partial charge >= 0.3 is 0 Å². The van der Waals surface area contributed by atoms with Gasteiger partial charge in [0.25, 0.3) is 5.91 Å². The Morgan fingerprint density at radius 1 is 1.04 bits per heavy atom. The van der Waals surface area contributed by atoms with Crippen LogP contribution in [0, 0.1) is 6.92 Å². The molecule has 0 fully saturated rings. The maximum absolute atomic E-state index is 12.2. The molecule has 2 heterocycles. The monoisotopic (exact) mass is 370 g/mol. The number of carbonyl (C=O) groups excluding carboxylic acids is 1. The Labute approximate surface area is 164 Å². The number of imidazole rings is 1. The highest BCUT2D eigenvalue weighted by Gasteiger charge is 2.12. The zero-order chi connectivity index (χ0) is 19.3. The number of aromatic nitrogens is 3. The second-order valence-electron chi connectivity index (χ2n) is 6.84. The van der Waals surface area contributed by atoms with E-state index in [4.69, 9.17) is 4.98 Å². The molecule has 1 N–H and O–H groups in total. The lowest BCUT2D eigenvalue weighted by molar-refractivity contribution is 0.0953. The fraction of sp³-hybridized carbons (Fsp3) is 0.174. The van der Waals surface area contributed by atoms with Crippen LogP contribution in [-0.2, 0) is 13.0 Å². The van der Waals surface area contributed by atoms with Crippen molar-refractivity contribution in [3.05, 3.63) is 95.6 Å². The van der Waals surface area contributed by atoms with Crippen molar-refractivity contribution >= 4 is 16.9 Å². The number of rotatable bonds is 6. The summed E-state index contributed by atoms with van der Waals surface area (Å²) >= 11 is 0. The average Bonchev–Trinajstić information content (AvgIpc) is 3.07. The summed E-state index contributed by atoms with van der Waals surface area (Å²) in [5.74, 6) is 0.850. The molecule has 4 rings (SSSR count). The molecule has 0 bridgehead atoms. The van der Waals surface area contributed by atoms with E-state index in [1.165, 1.54) is 11.1 Å². The first kappa shape index (κ1) is 17.9. The second kappa shape index (κ2) is 8.05. The highest BCUT2D eigenvalue weighted by Crippen LogP contribution is 2.18. The van der Waals surface area contributed by atoms with Crippen LogP contribution < -0.4 is 5.32 Å². The van der Waals surface area contributed by atoms with Crippen LogP contribution in [0.25, 0.3) is 11.0 Å². The number of benzene rings is 2. The molecule has 140 valence electrons. The fourth-order valence-electron chi connectivity index (χ4n) is 3.26. The van der Waals surface area contributed by atoms with Crippen LogP contribution in [0.3, 0.4) is 0 Å². The minimum atomic E-state index is -0.116. The Kier molecular flexibility index (Phi) is 5.15. The zero-order valence-corrected chi connectivity index (χ0v) is 15.8. The van der Waals surface area contributed by atoms with Crippen molar-refractivity contribution in [2.75, 3.05) is 6.54 Å². The number of carbonyl (C=O) groups is 1. The van der Waals surface area contributed by atoms with Crippen LogP contribution in [0.4, 0.5) is 0 Å². The van der Waals surface area contributed by atoms with Gasteiger partial charge in [-0.1, -0.05) is 42.0 Å². The third kappa shape index (κ3) is 3.93. The van der Waals surface area contributed by atoms with E-state index < -0.39 is 0 Å². The molecule has 28 heavy (non-hydrogen) atoms. The SMILES string of the molecule is Cc1ccc(Cn2c(CCNC(=O)c3cccnc3)nc3ccccc32)cc1. The number of aryl methyl sites for hydroxylation is 1. The lowest BCUT2D eigenvalue weighted by Gasteiger charge is -2.10. The quantitative estimate of drug-likeness (QED) is 0.562. The maximum Gasteiger partial charge on any atom is 0.252 e. The second-order valence-corrected chi connectivity index (χ2v) is 6.84. The van der Waals surface area contributed by atoms with Crippen LogP contribution in [-0.4, -0.2) is 27.0 Å². The van der Waals surface area contributed by atoms with Crippen molar-refractivity contribution in [1.82, 2.24) is 19.9 Å². The predicted octanol–water partition coefficient (Wildman–Crippen LogP) is 3.76. The summed E-state index contributed by atoms with van der Waals surface area (Å²) in [7, 11) is 0. The van der Waals surface area contributed by atoms with Gasteiger partial charge in [0, 0.05) is 31.9 Å². The van der Waals surface area contributed by atoms with Gasteiger partial charge in [-0.3, -0.25) is 9.78 Å². The molecule has 0 atom stereocenters. The van der Waals surface area contributed by atoms with E-state index in [9.17, 15) is 4.79 Å². The number of para-hydroxylation sites is 2. The van der Waals surface area contributed by atoms with Crippen LogP contribution >= 0.6 is 0 Å². The third-order valence-electron chi connectivity index (χ3n) is 4.75. The van der Waals surface area contributed by atoms with E-state index in [1.54, 1.807) is 24.5 Å². The molecule has 1 amide bonds. The van der Waals surface area contributed by atoms with Gasteiger partial charge in [0.15, 0.2) is 0 Å². The largest absolute Gasteiger partial charge is 0.352 e. The summed E-state index contributed by atoms with van der Waals surface area (Å²) in [6.07, 6.45) is 3.89. The van der Waals surface area contributed by atoms with Crippen molar-refractivity contribution in [2.24, 2.45) is 0 Å². The first-order chi connectivity index (χ1) is 13.7. The van der Waals surface area contributed by atoms with Crippen LogP contribution in [0.1, 0.15) is 27.3 Å². The van der Waals surface area contributed by atoms with Crippen LogP contribution in [0.5, 0.6) is 0 Å². The van der Waals surface area contributed by atoms with Gasteiger partial charge in [0.1, 0.15) is 5.82 Å². The molecule has 2 aromatic heterocycles. The van der Waals surface area contributed by atoms with Crippen LogP contribution in [0.15, 0.2) is 73.1 Å². The summed E-state index contributed by atoms with van der Waals surface area (Å²) in [4.78, 5) is 21.0. The molecule has 4 aromatic rings.